The lowest BCUT2D eigenvalue weighted by Gasteiger charge is -2.01. The lowest BCUT2D eigenvalue weighted by molar-refractivity contribution is 0.0941. The molecular weight excluding hydrogens is 241 g/mol. The van der Waals surface area contributed by atoms with Crippen LogP contribution in [-0.4, -0.2) is 26.2 Å². The van der Waals surface area contributed by atoms with E-state index in [1.165, 1.54) is 17.4 Å². The van der Waals surface area contributed by atoms with Gasteiger partial charge in [-0.25, -0.2) is 4.39 Å². The lowest BCUT2D eigenvalue weighted by atomic mass is 10.2. The Labute approximate surface area is 102 Å². The number of benzene rings is 1. The summed E-state index contributed by atoms with van der Waals surface area (Å²) in [6, 6.07) is 6.41. The van der Waals surface area contributed by atoms with Crippen LogP contribution in [0, 0.1) is 5.82 Å². The Hall–Kier alpha value is -1.46. The van der Waals surface area contributed by atoms with Crippen LogP contribution in [0.1, 0.15) is 9.67 Å². The molecule has 0 aliphatic rings. The molecule has 0 saturated heterocycles. The molecule has 17 heavy (non-hydrogen) atoms. The van der Waals surface area contributed by atoms with Crippen molar-refractivity contribution in [3.05, 3.63) is 35.0 Å². The van der Waals surface area contributed by atoms with Crippen LogP contribution >= 0.6 is 11.3 Å². The Morgan fingerprint density at radius 2 is 2.35 bits per heavy atom. The highest BCUT2D eigenvalue weighted by Crippen LogP contribution is 2.27. The summed E-state index contributed by atoms with van der Waals surface area (Å²) < 4.78 is 19.0. The fourth-order valence-corrected chi connectivity index (χ4v) is 2.48. The van der Waals surface area contributed by atoms with Crippen LogP contribution < -0.4 is 5.32 Å². The second-order valence-corrected chi connectivity index (χ2v) is 4.59. The first kappa shape index (κ1) is 12.0. The summed E-state index contributed by atoms with van der Waals surface area (Å²) in [6.45, 7) is 0.914. The van der Waals surface area contributed by atoms with Gasteiger partial charge in [-0.15, -0.1) is 11.3 Å². The maximum Gasteiger partial charge on any atom is 0.261 e. The number of halogens is 1. The van der Waals surface area contributed by atoms with E-state index in [4.69, 9.17) is 4.74 Å². The van der Waals surface area contributed by atoms with Crippen molar-refractivity contribution in [1.29, 1.82) is 0 Å². The molecule has 0 fully saturated rings. The number of amides is 1. The monoisotopic (exact) mass is 253 g/mol. The van der Waals surface area contributed by atoms with Crippen LogP contribution in [-0.2, 0) is 4.74 Å². The highest BCUT2D eigenvalue weighted by Gasteiger charge is 2.11. The van der Waals surface area contributed by atoms with Gasteiger partial charge in [0, 0.05) is 23.7 Å². The van der Waals surface area contributed by atoms with E-state index in [1.54, 1.807) is 25.3 Å². The zero-order valence-corrected chi connectivity index (χ0v) is 10.1. The molecule has 1 amide bonds. The van der Waals surface area contributed by atoms with E-state index in [2.05, 4.69) is 5.32 Å². The van der Waals surface area contributed by atoms with Crippen molar-refractivity contribution in [2.24, 2.45) is 0 Å². The first-order valence-corrected chi connectivity index (χ1v) is 5.99. The molecule has 0 aliphatic carbocycles. The Kier molecular flexibility index (Phi) is 3.71. The predicted molar refractivity (Wildman–Crippen MR) is 66.0 cm³/mol. The molecule has 1 heterocycles. The van der Waals surface area contributed by atoms with Crippen LogP contribution in [0.2, 0.25) is 0 Å². The van der Waals surface area contributed by atoms with E-state index in [0.717, 1.165) is 4.70 Å². The number of fused-ring (bicyclic) bond motifs is 1. The molecule has 5 heteroatoms. The summed E-state index contributed by atoms with van der Waals surface area (Å²) in [5.41, 5.74) is 0. The number of carbonyl (C=O) groups excluding carboxylic acids is 1. The van der Waals surface area contributed by atoms with Gasteiger partial charge in [-0.3, -0.25) is 4.79 Å². The number of hydrogen-bond donors (Lipinski definition) is 1. The van der Waals surface area contributed by atoms with Crippen molar-refractivity contribution >= 4 is 27.3 Å². The Morgan fingerprint density at radius 3 is 3.06 bits per heavy atom. The summed E-state index contributed by atoms with van der Waals surface area (Å²) in [5.74, 6) is -0.489. The van der Waals surface area contributed by atoms with Crippen LogP contribution in [0.3, 0.4) is 0 Å². The molecule has 0 unspecified atom stereocenters. The van der Waals surface area contributed by atoms with Gasteiger partial charge in [-0.05, 0) is 18.2 Å². The van der Waals surface area contributed by atoms with Crippen molar-refractivity contribution in [2.75, 3.05) is 20.3 Å². The highest BCUT2D eigenvalue weighted by atomic mass is 32.1. The predicted octanol–water partition coefficient (Wildman–Crippen LogP) is 2.42. The van der Waals surface area contributed by atoms with E-state index in [-0.39, 0.29) is 11.7 Å². The number of ether oxygens (including phenoxy) is 1. The summed E-state index contributed by atoms with van der Waals surface area (Å²) >= 11 is 1.28. The van der Waals surface area contributed by atoms with Gasteiger partial charge < -0.3 is 10.1 Å². The molecule has 2 aromatic rings. The summed E-state index contributed by atoms with van der Waals surface area (Å²) in [7, 11) is 1.57. The molecular formula is C12H12FNO2S. The fraction of sp³-hybridized carbons (Fsp3) is 0.250. The molecule has 0 bridgehead atoms. The zero-order chi connectivity index (χ0) is 12.3. The third-order valence-corrected chi connectivity index (χ3v) is 3.42. The van der Waals surface area contributed by atoms with E-state index >= 15 is 0 Å². The topological polar surface area (TPSA) is 38.3 Å². The van der Waals surface area contributed by atoms with Crippen LogP contribution in [0.15, 0.2) is 24.3 Å². The molecule has 2 rings (SSSR count). The number of thiophene rings is 1. The SMILES string of the molecule is COCCNC(=O)c1cc2c(F)cccc2s1. The largest absolute Gasteiger partial charge is 0.383 e. The molecule has 3 nitrogen and oxygen atoms in total. The maximum atomic E-state index is 13.4. The molecule has 90 valence electrons. The van der Waals surface area contributed by atoms with Crippen LogP contribution in [0.5, 0.6) is 0 Å². The Morgan fingerprint density at radius 1 is 1.53 bits per heavy atom. The molecule has 1 aromatic carbocycles. The zero-order valence-electron chi connectivity index (χ0n) is 9.33. The van der Waals surface area contributed by atoms with Gasteiger partial charge in [0.05, 0.1) is 11.5 Å². The average Bonchev–Trinajstić information content (AvgIpc) is 2.75. The molecule has 0 aliphatic heterocycles. The molecule has 1 N–H and O–H groups in total. The van der Waals surface area contributed by atoms with Gasteiger partial charge in [0.1, 0.15) is 5.82 Å². The second-order valence-electron chi connectivity index (χ2n) is 3.51. The van der Waals surface area contributed by atoms with Crippen molar-refractivity contribution in [3.63, 3.8) is 0 Å². The van der Waals surface area contributed by atoms with Crippen molar-refractivity contribution in [2.45, 2.75) is 0 Å². The van der Waals surface area contributed by atoms with Gasteiger partial charge in [0.25, 0.3) is 5.91 Å². The third kappa shape index (κ3) is 2.62. The molecule has 1 aromatic heterocycles. The minimum Gasteiger partial charge on any atom is -0.383 e. The second kappa shape index (κ2) is 5.25. The van der Waals surface area contributed by atoms with Gasteiger partial charge in [-0.2, -0.15) is 0 Å². The van der Waals surface area contributed by atoms with Crippen molar-refractivity contribution in [3.8, 4) is 0 Å². The first-order valence-electron chi connectivity index (χ1n) is 5.17. The van der Waals surface area contributed by atoms with Crippen LogP contribution in [0.4, 0.5) is 4.39 Å². The van der Waals surface area contributed by atoms with Gasteiger partial charge in [0.2, 0.25) is 0 Å². The quantitative estimate of drug-likeness (QED) is 0.850. The molecule has 0 spiro atoms. The summed E-state index contributed by atoms with van der Waals surface area (Å²) in [5, 5.41) is 3.20. The third-order valence-electron chi connectivity index (χ3n) is 2.32. The lowest BCUT2D eigenvalue weighted by Crippen LogP contribution is -2.26. The normalized spacial score (nSPS) is 10.7. The van der Waals surface area contributed by atoms with E-state index in [0.29, 0.717) is 23.4 Å². The number of rotatable bonds is 4. The number of methoxy groups -OCH3 is 1. The molecule has 0 saturated carbocycles. The van der Waals surface area contributed by atoms with Gasteiger partial charge in [-0.1, -0.05) is 6.07 Å². The minimum atomic E-state index is -0.297. The molecule has 0 atom stereocenters. The summed E-state index contributed by atoms with van der Waals surface area (Å²) in [4.78, 5) is 12.2. The standard InChI is InChI=1S/C12H12FNO2S/c1-16-6-5-14-12(15)11-7-8-9(13)3-2-4-10(8)17-11/h2-4,7H,5-6H2,1H3,(H,14,15). The fourth-order valence-electron chi connectivity index (χ4n) is 1.49. The van der Waals surface area contributed by atoms with E-state index in [1.807, 2.05) is 0 Å². The van der Waals surface area contributed by atoms with Crippen LogP contribution in [0.25, 0.3) is 10.1 Å². The van der Waals surface area contributed by atoms with Crippen molar-refractivity contribution < 1.29 is 13.9 Å². The summed E-state index contributed by atoms with van der Waals surface area (Å²) in [6.07, 6.45) is 0. The Bertz CT molecular complexity index is 538. The smallest absolute Gasteiger partial charge is 0.261 e. The van der Waals surface area contributed by atoms with Crippen molar-refractivity contribution in [1.82, 2.24) is 5.32 Å². The van der Waals surface area contributed by atoms with E-state index in [9.17, 15) is 9.18 Å². The number of nitrogens with one attached hydrogen (secondary N) is 1. The average molecular weight is 253 g/mol. The molecule has 0 radical (unpaired) electrons. The number of carbonyl (C=O) groups is 1. The maximum absolute atomic E-state index is 13.4. The first-order chi connectivity index (χ1) is 8.22. The highest BCUT2D eigenvalue weighted by molar-refractivity contribution is 7.20. The Balaban J connectivity index is 2.19. The minimum absolute atomic E-state index is 0.192. The van der Waals surface area contributed by atoms with Gasteiger partial charge in [0.15, 0.2) is 0 Å². The van der Waals surface area contributed by atoms with Gasteiger partial charge >= 0.3 is 0 Å². The van der Waals surface area contributed by atoms with E-state index < -0.39 is 0 Å². The number of hydrogen-bond acceptors (Lipinski definition) is 3.